The molecule has 70 valence electrons. The van der Waals surface area contributed by atoms with Gasteiger partial charge in [-0.05, 0) is 30.4 Å². The van der Waals surface area contributed by atoms with Crippen LogP contribution >= 0.6 is 11.3 Å². The Balaban J connectivity index is 2.22. The Labute approximate surface area is 80.2 Å². The molecule has 1 unspecified atom stereocenters. The molecule has 4 heteroatoms. The lowest BCUT2D eigenvalue weighted by Gasteiger charge is -2.04. The zero-order valence-corrected chi connectivity index (χ0v) is 7.93. The molecule has 3 N–H and O–H groups in total. The molecule has 0 radical (unpaired) electrons. The maximum absolute atomic E-state index is 10.5. The maximum Gasteiger partial charge on any atom is 0.303 e. The molecule has 0 saturated carbocycles. The van der Waals surface area contributed by atoms with Gasteiger partial charge in [0.1, 0.15) is 0 Å². The first-order valence-electron chi connectivity index (χ1n) is 4.26. The number of thiophene rings is 1. The van der Waals surface area contributed by atoms with E-state index in [4.69, 9.17) is 10.8 Å². The standard InChI is InChI=1S/C9H11NO2S/c10-8-4-6-5(3-9(11)12)1-2-7(6)13-8/h4-5H,1-3,10H2,(H,11,12). The summed E-state index contributed by atoms with van der Waals surface area (Å²) in [6.45, 7) is 0. The zero-order valence-electron chi connectivity index (χ0n) is 7.12. The van der Waals surface area contributed by atoms with E-state index in [1.807, 2.05) is 6.07 Å². The van der Waals surface area contributed by atoms with Crippen LogP contribution < -0.4 is 5.73 Å². The summed E-state index contributed by atoms with van der Waals surface area (Å²) < 4.78 is 0. The smallest absolute Gasteiger partial charge is 0.303 e. The Kier molecular flexibility index (Phi) is 2.00. The fraction of sp³-hybridized carbons (Fsp3) is 0.444. The van der Waals surface area contributed by atoms with Gasteiger partial charge in [-0.3, -0.25) is 4.79 Å². The van der Waals surface area contributed by atoms with Crippen LogP contribution in [-0.2, 0) is 11.2 Å². The quantitative estimate of drug-likeness (QED) is 0.760. The van der Waals surface area contributed by atoms with Crippen LogP contribution in [0.15, 0.2) is 6.07 Å². The second-order valence-corrected chi connectivity index (χ2v) is 4.53. The third-order valence-corrected chi connectivity index (χ3v) is 3.48. The average Bonchev–Trinajstić information content (AvgIpc) is 2.51. The van der Waals surface area contributed by atoms with E-state index in [1.54, 1.807) is 11.3 Å². The van der Waals surface area contributed by atoms with E-state index < -0.39 is 5.97 Å². The third kappa shape index (κ3) is 1.54. The van der Waals surface area contributed by atoms with Crippen LogP contribution in [0, 0.1) is 0 Å². The van der Waals surface area contributed by atoms with Crippen molar-refractivity contribution in [1.29, 1.82) is 0 Å². The van der Waals surface area contributed by atoms with Crippen LogP contribution in [0.1, 0.15) is 29.2 Å². The number of nitrogen functional groups attached to an aromatic ring is 1. The number of aliphatic carboxylic acids is 1. The molecule has 13 heavy (non-hydrogen) atoms. The normalized spacial score (nSPS) is 20.2. The second-order valence-electron chi connectivity index (χ2n) is 3.36. The average molecular weight is 197 g/mol. The molecular weight excluding hydrogens is 186 g/mol. The second kappa shape index (κ2) is 3.03. The first-order valence-corrected chi connectivity index (χ1v) is 5.08. The number of carboxylic acids is 1. The molecule has 0 aromatic carbocycles. The number of fused-ring (bicyclic) bond motifs is 1. The Morgan fingerprint density at radius 3 is 3.23 bits per heavy atom. The van der Waals surface area contributed by atoms with E-state index in [-0.39, 0.29) is 12.3 Å². The summed E-state index contributed by atoms with van der Waals surface area (Å²) in [6, 6.07) is 1.93. The van der Waals surface area contributed by atoms with Crippen molar-refractivity contribution in [3.8, 4) is 0 Å². The van der Waals surface area contributed by atoms with Gasteiger partial charge in [-0.1, -0.05) is 0 Å². The molecule has 0 spiro atoms. The molecule has 3 nitrogen and oxygen atoms in total. The summed E-state index contributed by atoms with van der Waals surface area (Å²) in [5, 5.41) is 9.48. The zero-order chi connectivity index (χ0) is 9.42. The van der Waals surface area contributed by atoms with E-state index in [0.717, 1.165) is 17.8 Å². The maximum atomic E-state index is 10.5. The molecule has 0 bridgehead atoms. The van der Waals surface area contributed by atoms with Gasteiger partial charge < -0.3 is 10.8 Å². The number of nitrogens with two attached hydrogens (primary N) is 1. The topological polar surface area (TPSA) is 63.3 Å². The van der Waals surface area contributed by atoms with Crippen molar-refractivity contribution >= 4 is 22.3 Å². The highest BCUT2D eigenvalue weighted by atomic mass is 32.1. The van der Waals surface area contributed by atoms with Crippen molar-refractivity contribution in [2.45, 2.75) is 25.2 Å². The van der Waals surface area contributed by atoms with Gasteiger partial charge >= 0.3 is 5.97 Å². The fourth-order valence-electron chi connectivity index (χ4n) is 1.89. The minimum Gasteiger partial charge on any atom is -0.481 e. The molecule has 1 heterocycles. The van der Waals surface area contributed by atoms with Crippen LogP contribution in [-0.4, -0.2) is 11.1 Å². The van der Waals surface area contributed by atoms with Crippen molar-refractivity contribution in [2.24, 2.45) is 0 Å². The molecule has 0 aliphatic heterocycles. The van der Waals surface area contributed by atoms with Crippen molar-refractivity contribution in [1.82, 2.24) is 0 Å². The summed E-state index contributed by atoms with van der Waals surface area (Å²) in [7, 11) is 0. The molecule has 2 rings (SSSR count). The number of carboxylic acid groups (broad SMARTS) is 1. The Hall–Kier alpha value is -1.03. The molecule has 0 saturated heterocycles. The lowest BCUT2D eigenvalue weighted by molar-refractivity contribution is -0.137. The highest BCUT2D eigenvalue weighted by Gasteiger charge is 2.26. The molecule has 1 aromatic rings. The SMILES string of the molecule is Nc1cc2c(s1)CCC2CC(=O)O. The van der Waals surface area contributed by atoms with Crippen molar-refractivity contribution in [3.63, 3.8) is 0 Å². The summed E-state index contributed by atoms with van der Waals surface area (Å²) in [5.74, 6) is -0.524. The van der Waals surface area contributed by atoms with Gasteiger partial charge in [-0.2, -0.15) is 0 Å². The van der Waals surface area contributed by atoms with Crippen LogP contribution in [0.25, 0.3) is 0 Å². The van der Waals surface area contributed by atoms with Gasteiger partial charge in [0.25, 0.3) is 0 Å². The van der Waals surface area contributed by atoms with E-state index in [9.17, 15) is 4.79 Å². The highest BCUT2D eigenvalue weighted by molar-refractivity contribution is 7.16. The van der Waals surface area contributed by atoms with Crippen molar-refractivity contribution in [3.05, 3.63) is 16.5 Å². The Morgan fingerprint density at radius 2 is 2.54 bits per heavy atom. The lowest BCUT2D eigenvalue weighted by atomic mass is 10.0. The van der Waals surface area contributed by atoms with Gasteiger partial charge in [0, 0.05) is 4.88 Å². The van der Waals surface area contributed by atoms with Gasteiger partial charge in [-0.15, -0.1) is 11.3 Å². The largest absolute Gasteiger partial charge is 0.481 e. The van der Waals surface area contributed by atoms with E-state index >= 15 is 0 Å². The van der Waals surface area contributed by atoms with Gasteiger partial charge in [0.15, 0.2) is 0 Å². The number of hydrogen-bond donors (Lipinski definition) is 2. The molecule has 0 fully saturated rings. The predicted octanol–water partition coefficient (Wildman–Crippen LogP) is 1.83. The Morgan fingerprint density at radius 1 is 1.77 bits per heavy atom. The lowest BCUT2D eigenvalue weighted by Crippen LogP contribution is -2.02. The number of rotatable bonds is 2. The van der Waals surface area contributed by atoms with Crippen LogP contribution in [0.5, 0.6) is 0 Å². The number of hydrogen-bond acceptors (Lipinski definition) is 3. The first-order chi connectivity index (χ1) is 6.16. The van der Waals surface area contributed by atoms with Crippen molar-refractivity contribution < 1.29 is 9.90 Å². The van der Waals surface area contributed by atoms with Crippen LogP contribution in [0.4, 0.5) is 5.00 Å². The molecular formula is C9H11NO2S. The van der Waals surface area contributed by atoms with Gasteiger partial charge in [-0.25, -0.2) is 0 Å². The molecule has 1 atom stereocenters. The summed E-state index contributed by atoms with van der Waals surface area (Å²) >= 11 is 1.59. The van der Waals surface area contributed by atoms with Crippen molar-refractivity contribution in [2.75, 3.05) is 5.73 Å². The van der Waals surface area contributed by atoms with Gasteiger partial charge in [0.2, 0.25) is 0 Å². The molecule has 1 aromatic heterocycles. The summed E-state index contributed by atoms with van der Waals surface area (Å²) in [6.07, 6.45) is 2.20. The summed E-state index contributed by atoms with van der Waals surface area (Å²) in [4.78, 5) is 11.8. The minimum atomic E-state index is -0.720. The minimum absolute atomic E-state index is 0.195. The van der Waals surface area contributed by atoms with E-state index in [2.05, 4.69) is 0 Å². The molecule has 1 aliphatic carbocycles. The van der Waals surface area contributed by atoms with Crippen LogP contribution in [0.3, 0.4) is 0 Å². The molecule has 0 amide bonds. The summed E-state index contributed by atoms with van der Waals surface area (Å²) in [5.41, 5.74) is 6.82. The number of aryl methyl sites for hydroxylation is 1. The highest BCUT2D eigenvalue weighted by Crippen LogP contribution is 2.41. The number of carbonyl (C=O) groups is 1. The fourth-order valence-corrected chi connectivity index (χ4v) is 2.92. The Bertz CT molecular complexity index is 345. The van der Waals surface area contributed by atoms with E-state index in [0.29, 0.717) is 0 Å². The van der Waals surface area contributed by atoms with Gasteiger partial charge in [0.05, 0.1) is 11.4 Å². The monoisotopic (exact) mass is 197 g/mol. The number of anilines is 1. The van der Waals surface area contributed by atoms with Crippen LogP contribution in [0.2, 0.25) is 0 Å². The first kappa shape index (κ1) is 8.56. The molecule has 1 aliphatic rings. The predicted molar refractivity (Wildman–Crippen MR) is 52.0 cm³/mol. The van der Waals surface area contributed by atoms with E-state index in [1.165, 1.54) is 10.4 Å². The third-order valence-electron chi connectivity index (χ3n) is 2.44.